The Kier molecular flexibility index (Phi) is 7.42. The first-order chi connectivity index (χ1) is 15.4. The first-order valence-electron chi connectivity index (χ1n) is 9.77. The van der Waals surface area contributed by atoms with Crippen molar-refractivity contribution >= 4 is 35.0 Å². The Labute approximate surface area is 191 Å². The number of benzene rings is 2. The highest BCUT2D eigenvalue weighted by Crippen LogP contribution is 2.30. The van der Waals surface area contributed by atoms with E-state index in [4.69, 9.17) is 21.6 Å². The number of ether oxygens (including phenoxy) is 1. The number of nitrogens with zero attached hydrogens (tertiary/aromatic N) is 2. The van der Waals surface area contributed by atoms with Crippen LogP contribution in [-0.2, 0) is 16.1 Å². The van der Waals surface area contributed by atoms with Crippen molar-refractivity contribution < 1.29 is 14.3 Å². The summed E-state index contributed by atoms with van der Waals surface area (Å²) < 4.78 is 4.87. The van der Waals surface area contributed by atoms with Gasteiger partial charge in [-0.05, 0) is 41.3 Å². The van der Waals surface area contributed by atoms with Crippen LogP contribution in [0.5, 0.6) is 0 Å². The second kappa shape index (κ2) is 10.4. The van der Waals surface area contributed by atoms with Gasteiger partial charge >= 0.3 is 5.97 Å². The van der Waals surface area contributed by atoms with Gasteiger partial charge in [0.2, 0.25) is 5.91 Å². The summed E-state index contributed by atoms with van der Waals surface area (Å²) in [6.45, 7) is 2.31. The Balaban J connectivity index is 1.79. The number of rotatable bonds is 7. The summed E-state index contributed by atoms with van der Waals surface area (Å²) in [5.74, 6) is -0.366. The monoisotopic (exact) mass is 448 g/mol. The Morgan fingerprint density at radius 2 is 1.91 bits per heavy atom. The van der Waals surface area contributed by atoms with Gasteiger partial charge < -0.3 is 15.4 Å². The summed E-state index contributed by atoms with van der Waals surface area (Å²) in [5, 5.41) is 15.0. The molecule has 2 N–H and O–H groups in total. The third-order valence-corrected chi connectivity index (χ3v) is 5.11. The second-order valence-electron chi connectivity index (χ2n) is 6.94. The van der Waals surface area contributed by atoms with Crippen LogP contribution in [0.2, 0.25) is 5.02 Å². The Hall–Kier alpha value is -3.89. The number of amides is 1. The van der Waals surface area contributed by atoms with Crippen LogP contribution in [0.4, 0.5) is 11.5 Å². The van der Waals surface area contributed by atoms with Gasteiger partial charge in [0.1, 0.15) is 12.2 Å². The second-order valence-corrected chi connectivity index (χ2v) is 7.35. The summed E-state index contributed by atoms with van der Waals surface area (Å²) >= 11 is 6.22. The molecule has 32 heavy (non-hydrogen) atoms. The number of nitrogens with one attached hydrogen (secondary N) is 2. The number of esters is 1. The molecule has 3 aromatic rings. The van der Waals surface area contributed by atoms with Gasteiger partial charge in [-0.15, -0.1) is 0 Å². The van der Waals surface area contributed by atoms with Crippen LogP contribution in [0.3, 0.4) is 0 Å². The minimum atomic E-state index is -0.493. The quantitative estimate of drug-likeness (QED) is 0.495. The molecular weight excluding hydrogens is 428 g/mol. The number of carbonyl (C=O) groups excluding carboxylic acids is 2. The minimum Gasteiger partial charge on any atom is -0.465 e. The number of hydrogen-bond acceptors (Lipinski definition) is 6. The molecule has 1 amide bonds. The van der Waals surface area contributed by atoms with E-state index in [0.29, 0.717) is 34.2 Å². The van der Waals surface area contributed by atoms with Crippen LogP contribution < -0.4 is 10.6 Å². The van der Waals surface area contributed by atoms with E-state index in [1.54, 1.807) is 24.4 Å². The first kappa shape index (κ1) is 22.8. The molecule has 162 valence electrons. The lowest BCUT2D eigenvalue weighted by Gasteiger charge is -2.14. The van der Waals surface area contributed by atoms with E-state index in [2.05, 4.69) is 15.6 Å². The van der Waals surface area contributed by atoms with Gasteiger partial charge in [-0.25, -0.2) is 9.78 Å². The normalized spacial score (nSPS) is 10.2. The molecule has 0 saturated carbocycles. The van der Waals surface area contributed by atoms with E-state index in [1.165, 1.54) is 7.11 Å². The number of nitriles is 1. The third kappa shape index (κ3) is 5.23. The highest BCUT2D eigenvalue weighted by Gasteiger charge is 2.17. The number of anilines is 2. The summed E-state index contributed by atoms with van der Waals surface area (Å²) in [7, 11) is 1.32. The van der Waals surface area contributed by atoms with E-state index in [-0.39, 0.29) is 12.3 Å². The first-order valence-corrected chi connectivity index (χ1v) is 10.1. The van der Waals surface area contributed by atoms with Crippen molar-refractivity contribution in [3.05, 3.63) is 76.4 Å². The van der Waals surface area contributed by atoms with Gasteiger partial charge in [-0.1, -0.05) is 48.0 Å². The number of hydrogen-bond donors (Lipinski definition) is 2. The molecule has 0 saturated heterocycles. The maximum atomic E-state index is 12.2. The average Bonchev–Trinajstić information content (AvgIpc) is 2.79. The van der Waals surface area contributed by atoms with E-state index in [1.807, 2.05) is 43.3 Å². The maximum Gasteiger partial charge on any atom is 0.340 e. The van der Waals surface area contributed by atoms with Crippen LogP contribution in [-0.4, -0.2) is 24.0 Å². The van der Waals surface area contributed by atoms with Gasteiger partial charge in [-0.3, -0.25) is 4.79 Å². The number of aromatic nitrogens is 1. The lowest BCUT2D eigenvalue weighted by molar-refractivity contribution is -0.115. The van der Waals surface area contributed by atoms with Crippen LogP contribution >= 0.6 is 11.6 Å². The van der Waals surface area contributed by atoms with Crippen molar-refractivity contribution in [2.75, 3.05) is 17.7 Å². The predicted octanol–water partition coefficient (Wildman–Crippen LogP) is 4.96. The molecule has 0 bridgehead atoms. The smallest absolute Gasteiger partial charge is 0.340 e. The molecular formula is C24H21ClN4O3. The molecule has 0 atom stereocenters. The van der Waals surface area contributed by atoms with Crippen molar-refractivity contribution in [1.82, 2.24) is 4.98 Å². The van der Waals surface area contributed by atoms with Crippen molar-refractivity contribution in [1.29, 1.82) is 5.26 Å². The molecule has 0 aliphatic heterocycles. The summed E-state index contributed by atoms with van der Waals surface area (Å²) in [6.07, 6.45) is 1.42. The zero-order valence-electron chi connectivity index (χ0n) is 17.6. The largest absolute Gasteiger partial charge is 0.465 e. The molecule has 0 unspecified atom stereocenters. The minimum absolute atomic E-state index is 0.230. The lowest BCUT2D eigenvalue weighted by atomic mass is 9.98. The fourth-order valence-corrected chi connectivity index (χ4v) is 3.42. The highest BCUT2D eigenvalue weighted by atomic mass is 35.5. The zero-order valence-corrected chi connectivity index (χ0v) is 18.4. The molecule has 7 nitrogen and oxygen atoms in total. The van der Waals surface area contributed by atoms with Crippen LogP contribution in [0.15, 0.2) is 54.7 Å². The van der Waals surface area contributed by atoms with Gasteiger partial charge in [0.05, 0.1) is 29.5 Å². The number of carbonyl (C=O) groups is 2. The number of aryl methyl sites for hydroxylation is 1. The van der Waals surface area contributed by atoms with Crippen LogP contribution in [0.1, 0.15) is 27.9 Å². The SMILES string of the molecule is COC(=O)c1c(Cl)cccc1-c1ccc(CNc2nccc(C)c2NC(=O)CC#N)cc1. The number of halogens is 1. The molecule has 0 aliphatic carbocycles. The van der Waals surface area contributed by atoms with Crippen molar-refractivity contribution in [3.8, 4) is 17.2 Å². The summed E-state index contributed by atoms with van der Waals surface area (Å²) in [5.41, 5.74) is 4.19. The molecule has 8 heteroatoms. The zero-order chi connectivity index (χ0) is 23.1. The molecule has 3 rings (SSSR count). The lowest BCUT2D eigenvalue weighted by Crippen LogP contribution is -2.14. The van der Waals surface area contributed by atoms with Crippen LogP contribution in [0, 0.1) is 18.3 Å². The highest BCUT2D eigenvalue weighted by molar-refractivity contribution is 6.34. The molecule has 0 aliphatic rings. The average molecular weight is 449 g/mol. The molecule has 1 aromatic heterocycles. The van der Waals surface area contributed by atoms with Gasteiger partial charge in [0.25, 0.3) is 0 Å². The fourth-order valence-electron chi connectivity index (χ4n) is 3.17. The van der Waals surface area contributed by atoms with Crippen molar-refractivity contribution in [2.24, 2.45) is 0 Å². The van der Waals surface area contributed by atoms with Crippen molar-refractivity contribution in [3.63, 3.8) is 0 Å². The number of pyridine rings is 1. The fraction of sp³-hybridized carbons (Fsp3) is 0.167. The van der Waals surface area contributed by atoms with E-state index in [9.17, 15) is 9.59 Å². The topological polar surface area (TPSA) is 104 Å². The van der Waals surface area contributed by atoms with Crippen molar-refractivity contribution in [2.45, 2.75) is 19.9 Å². The molecule has 0 fully saturated rings. The van der Waals surface area contributed by atoms with Gasteiger partial charge in [-0.2, -0.15) is 5.26 Å². The van der Waals surface area contributed by atoms with E-state index < -0.39 is 5.97 Å². The van der Waals surface area contributed by atoms with Gasteiger partial charge in [0, 0.05) is 12.7 Å². The standard InChI is InChI=1S/C24H21ClN4O3/c1-15-11-13-27-23(22(15)29-20(30)10-12-26)28-14-16-6-8-17(9-7-16)18-4-3-5-19(25)21(18)24(31)32-2/h3-9,11,13H,10,14H2,1-2H3,(H,27,28)(H,29,30). The van der Waals surface area contributed by atoms with E-state index in [0.717, 1.165) is 16.7 Å². The summed E-state index contributed by atoms with van der Waals surface area (Å²) in [6, 6.07) is 16.5. The van der Waals surface area contributed by atoms with E-state index >= 15 is 0 Å². The van der Waals surface area contributed by atoms with Crippen LogP contribution in [0.25, 0.3) is 11.1 Å². The molecule has 0 radical (unpaired) electrons. The Bertz CT molecular complexity index is 1190. The maximum absolute atomic E-state index is 12.2. The Morgan fingerprint density at radius 1 is 1.16 bits per heavy atom. The van der Waals surface area contributed by atoms with Gasteiger partial charge in [0.15, 0.2) is 0 Å². The Morgan fingerprint density at radius 3 is 2.59 bits per heavy atom. The molecule has 2 aromatic carbocycles. The third-order valence-electron chi connectivity index (χ3n) is 4.79. The molecule has 1 heterocycles. The number of methoxy groups -OCH3 is 1. The predicted molar refractivity (Wildman–Crippen MR) is 123 cm³/mol. The summed E-state index contributed by atoms with van der Waals surface area (Å²) in [4.78, 5) is 28.3. The molecule has 0 spiro atoms.